The molecule has 2 heterocycles. The van der Waals surface area contributed by atoms with Crippen LogP contribution in [0, 0.1) is 11.6 Å². The van der Waals surface area contributed by atoms with Crippen molar-refractivity contribution in [3.05, 3.63) is 64.9 Å². The number of hydrogen-bond acceptors (Lipinski definition) is 12. The lowest BCUT2D eigenvalue weighted by molar-refractivity contribution is 0.0417. The summed E-state index contributed by atoms with van der Waals surface area (Å²) in [5, 5.41) is 10.5. The van der Waals surface area contributed by atoms with E-state index in [1.165, 1.54) is 7.11 Å². The van der Waals surface area contributed by atoms with Crippen molar-refractivity contribution in [3.8, 4) is 0 Å². The molecule has 15 nitrogen and oxygen atoms in total. The molecule has 0 bridgehead atoms. The Morgan fingerprint density at radius 2 is 1.68 bits per heavy atom. The number of halogens is 2. The van der Waals surface area contributed by atoms with E-state index in [0.29, 0.717) is 43.8 Å². The van der Waals surface area contributed by atoms with Crippen LogP contribution in [0.1, 0.15) is 35.5 Å². The SMILES string of the molecule is COCCOCCOC(=O)n1nc(NC(=O)c2ccc(N(C)C[C@@H](C)N(C)C)cc2NC(C)COC)c2c1CCN(S(=O)(=O)c1cc(F)cc(F)c1)C2. The second-order valence-corrected chi connectivity index (χ2v) is 14.9. The first-order chi connectivity index (χ1) is 25.2. The molecule has 0 radical (unpaired) electrons. The molecule has 1 aliphatic rings. The zero-order valence-electron chi connectivity index (χ0n) is 31.1. The van der Waals surface area contributed by atoms with Gasteiger partial charge in [-0.3, -0.25) is 4.79 Å². The summed E-state index contributed by atoms with van der Waals surface area (Å²) >= 11 is 0. The van der Waals surface area contributed by atoms with Crippen molar-refractivity contribution in [1.82, 2.24) is 19.0 Å². The number of benzene rings is 2. The molecule has 0 saturated heterocycles. The fourth-order valence-corrected chi connectivity index (χ4v) is 7.11. The number of likely N-dealkylation sites (N-methyl/N-ethyl adjacent to an activating group) is 2. The maximum atomic E-state index is 14.1. The molecule has 2 N–H and O–H groups in total. The highest BCUT2D eigenvalue weighted by Crippen LogP contribution is 2.32. The molecule has 18 heteroatoms. The smallest absolute Gasteiger partial charge is 0.435 e. The average molecular weight is 766 g/mol. The molecule has 1 aliphatic heterocycles. The summed E-state index contributed by atoms with van der Waals surface area (Å²) in [7, 11) is 4.66. The molecule has 0 saturated carbocycles. The average Bonchev–Trinajstić information content (AvgIpc) is 3.46. The van der Waals surface area contributed by atoms with E-state index in [2.05, 4.69) is 32.5 Å². The lowest BCUT2D eigenvalue weighted by Crippen LogP contribution is -2.37. The minimum atomic E-state index is -4.41. The Labute approximate surface area is 309 Å². The van der Waals surface area contributed by atoms with E-state index < -0.39 is 38.6 Å². The monoisotopic (exact) mass is 765 g/mol. The molecule has 1 aromatic heterocycles. The largest absolute Gasteiger partial charge is 0.445 e. The second kappa shape index (κ2) is 18.7. The zero-order valence-corrected chi connectivity index (χ0v) is 32.0. The van der Waals surface area contributed by atoms with Gasteiger partial charge in [-0.2, -0.15) is 8.99 Å². The highest BCUT2D eigenvalue weighted by atomic mass is 32.2. The number of nitrogens with one attached hydrogen (secondary N) is 2. The Morgan fingerprint density at radius 1 is 0.981 bits per heavy atom. The van der Waals surface area contributed by atoms with E-state index in [0.717, 1.165) is 26.8 Å². The third-order valence-electron chi connectivity index (χ3n) is 8.71. The first kappa shape index (κ1) is 41.6. The van der Waals surface area contributed by atoms with Gasteiger partial charge in [0.15, 0.2) is 5.82 Å². The molecule has 3 aromatic rings. The van der Waals surface area contributed by atoms with Crippen LogP contribution >= 0.6 is 0 Å². The number of hydrogen-bond donors (Lipinski definition) is 2. The van der Waals surface area contributed by atoms with E-state index in [1.54, 1.807) is 13.2 Å². The van der Waals surface area contributed by atoms with E-state index in [9.17, 15) is 26.8 Å². The predicted octanol–water partition coefficient (Wildman–Crippen LogP) is 3.64. The molecular weight excluding hydrogens is 716 g/mol. The van der Waals surface area contributed by atoms with Crippen LogP contribution in [0.25, 0.3) is 0 Å². The first-order valence-electron chi connectivity index (χ1n) is 17.1. The highest BCUT2D eigenvalue weighted by Gasteiger charge is 2.35. The van der Waals surface area contributed by atoms with Crippen LogP contribution in [0.15, 0.2) is 41.3 Å². The number of carbonyl (C=O) groups is 2. The van der Waals surface area contributed by atoms with Crippen LogP contribution in [0.4, 0.5) is 30.8 Å². The van der Waals surface area contributed by atoms with Gasteiger partial charge in [0.25, 0.3) is 5.91 Å². The minimum absolute atomic E-state index is 0.0254. The number of aromatic nitrogens is 2. The lowest BCUT2D eigenvalue weighted by atomic mass is 10.1. The Balaban J connectivity index is 1.68. The molecule has 2 atom stereocenters. The van der Waals surface area contributed by atoms with E-state index in [4.69, 9.17) is 18.9 Å². The number of nitrogens with zero attached hydrogens (tertiary/aromatic N) is 5. The van der Waals surface area contributed by atoms with Gasteiger partial charge in [0.05, 0.1) is 42.6 Å². The number of methoxy groups -OCH3 is 2. The van der Waals surface area contributed by atoms with Gasteiger partial charge in [-0.1, -0.05) is 0 Å². The molecule has 0 spiro atoms. The number of amides is 1. The molecule has 2 aromatic carbocycles. The van der Waals surface area contributed by atoms with Crippen LogP contribution in [0.2, 0.25) is 0 Å². The molecule has 0 fully saturated rings. The van der Waals surface area contributed by atoms with Crippen molar-refractivity contribution in [1.29, 1.82) is 0 Å². The molecule has 292 valence electrons. The fourth-order valence-electron chi connectivity index (χ4n) is 5.65. The van der Waals surface area contributed by atoms with Crippen LogP contribution in [0.5, 0.6) is 0 Å². The molecular formula is C35H49F2N7O8S. The number of anilines is 3. The predicted molar refractivity (Wildman–Crippen MR) is 195 cm³/mol. The standard InChI is InChI=1S/C35H49F2N7O8S/c1-23(22-50-7)38-31-19-27(42(5)20-24(2)41(3)4)8-9-29(31)34(45)39-33-30-21-43(53(47,48)28-17-25(36)16-26(37)18-28)11-10-32(30)44(40-33)35(46)52-15-14-51-13-12-49-6/h8-9,16-19,23-24,38H,10-15,20-22H2,1-7H3,(H,39,40,45)/t23?,24-/m1/s1. The number of sulfonamides is 1. The number of fused-ring (bicyclic) bond motifs is 1. The zero-order chi connectivity index (χ0) is 38.9. The topological polar surface area (TPSA) is 157 Å². The summed E-state index contributed by atoms with van der Waals surface area (Å²) in [6.07, 6.45) is -0.890. The van der Waals surface area contributed by atoms with Crippen molar-refractivity contribution in [2.24, 2.45) is 0 Å². The molecule has 1 unspecified atom stereocenters. The van der Waals surface area contributed by atoms with Crippen LogP contribution in [-0.2, 0) is 41.9 Å². The van der Waals surface area contributed by atoms with Gasteiger partial charge in [0, 0.05) is 82.4 Å². The van der Waals surface area contributed by atoms with E-state index >= 15 is 0 Å². The Hall–Kier alpha value is -4.20. The van der Waals surface area contributed by atoms with Gasteiger partial charge < -0.3 is 39.4 Å². The second-order valence-electron chi connectivity index (χ2n) is 13.0. The molecule has 4 rings (SSSR count). The van der Waals surface area contributed by atoms with Gasteiger partial charge in [0.2, 0.25) is 10.0 Å². The number of ether oxygens (including phenoxy) is 4. The molecule has 1 amide bonds. The molecule has 53 heavy (non-hydrogen) atoms. The van der Waals surface area contributed by atoms with E-state index in [-0.39, 0.29) is 61.8 Å². The van der Waals surface area contributed by atoms with Crippen molar-refractivity contribution in [2.75, 3.05) is 97.0 Å². The van der Waals surface area contributed by atoms with Crippen LogP contribution in [-0.4, -0.2) is 133 Å². The van der Waals surface area contributed by atoms with Gasteiger partial charge in [0.1, 0.15) is 18.2 Å². The Kier molecular flexibility index (Phi) is 14.7. The third-order valence-corrected chi connectivity index (χ3v) is 10.5. The number of rotatable bonds is 18. The van der Waals surface area contributed by atoms with Crippen molar-refractivity contribution >= 4 is 39.2 Å². The maximum Gasteiger partial charge on any atom is 0.435 e. The number of carbonyl (C=O) groups excluding carboxylic acids is 2. The summed E-state index contributed by atoms with van der Waals surface area (Å²) in [6, 6.07) is 7.44. The van der Waals surface area contributed by atoms with Gasteiger partial charge in [-0.15, -0.1) is 5.10 Å². The summed E-state index contributed by atoms with van der Waals surface area (Å²) in [4.78, 5) is 30.9. The fraction of sp³-hybridized carbons (Fsp3) is 0.514. The van der Waals surface area contributed by atoms with Crippen molar-refractivity contribution < 1.29 is 45.7 Å². The molecule has 0 aliphatic carbocycles. The summed E-state index contributed by atoms with van der Waals surface area (Å²) in [6.45, 7) is 5.23. The van der Waals surface area contributed by atoms with Gasteiger partial charge in [-0.05, 0) is 58.3 Å². The highest BCUT2D eigenvalue weighted by molar-refractivity contribution is 7.89. The Morgan fingerprint density at radius 3 is 2.34 bits per heavy atom. The normalized spacial score (nSPS) is 14.5. The quantitative estimate of drug-likeness (QED) is 0.182. The van der Waals surface area contributed by atoms with Crippen molar-refractivity contribution in [3.63, 3.8) is 0 Å². The van der Waals surface area contributed by atoms with Crippen molar-refractivity contribution in [2.45, 2.75) is 43.8 Å². The van der Waals surface area contributed by atoms with Crippen LogP contribution < -0.4 is 15.5 Å². The first-order valence-corrected chi connectivity index (χ1v) is 18.5. The van der Waals surface area contributed by atoms with Gasteiger partial charge >= 0.3 is 6.09 Å². The van der Waals surface area contributed by atoms with E-state index in [1.807, 2.05) is 40.2 Å². The van der Waals surface area contributed by atoms with Gasteiger partial charge in [-0.25, -0.2) is 22.0 Å². The van der Waals surface area contributed by atoms with Crippen LogP contribution in [0.3, 0.4) is 0 Å². The lowest BCUT2D eigenvalue weighted by Gasteiger charge is -2.28. The Bertz CT molecular complexity index is 1820. The summed E-state index contributed by atoms with van der Waals surface area (Å²) in [5.74, 6) is -2.78. The summed E-state index contributed by atoms with van der Waals surface area (Å²) < 4.78 is 78.2. The maximum absolute atomic E-state index is 14.1. The third kappa shape index (κ3) is 10.7. The summed E-state index contributed by atoms with van der Waals surface area (Å²) in [5.41, 5.74) is 2.14. The minimum Gasteiger partial charge on any atom is -0.445 e.